The zero-order valence-corrected chi connectivity index (χ0v) is 15.5. The Morgan fingerprint density at radius 2 is 1.85 bits per heavy atom. The average Bonchev–Trinajstić information content (AvgIpc) is 2.68. The third kappa shape index (κ3) is 4.05. The van der Waals surface area contributed by atoms with Crippen molar-refractivity contribution in [3.05, 3.63) is 59.7 Å². The molecular formula is C19H22N2O4S. The maximum atomic E-state index is 12.8. The molecule has 138 valence electrons. The molecule has 2 aromatic carbocycles. The third-order valence-corrected chi connectivity index (χ3v) is 5.70. The second-order valence-corrected chi connectivity index (χ2v) is 7.73. The molecule has 1 heterocycles. The smallest absolute Gasteiger partial charge is 0.261 e. The number of hydrogen-bond acceptors (Lipinski definition) is 4. The number of sulfonamides is 1. The number of hydrogen-bond donors (Lipinski definition) is 1. The van der Waals surface area contributed by atoms with Crippen LogP contribution in [0.25, 0.3) is 0 Å². The van der Waals surface area contributed by atoms with Gasteiger partial charge in [0.25, 0.3) is 15.9 Å². The van der Waals surface area contributed by atoms with Gasteiger partial charge >= 0.3 is 0 Å². The van der Waals surface area contributed by atoms with Crippen LogP contribution < -0.4 is 4.72 Å². The number of aryl methyl sites for hydroxylation is 1. The molecule has 0 aromatic heterocycles. The minimum atomic E-state index is -3.78. The zero-order valence-electron chi connectivity index (χ0n) is 14.6. The van der Waals surface area contributed by atoms with Crippen molar-refractivity contribution in [3.63, 3.8) is 0 Å². The number of rotatable bonds is 5. The molecule has 0 saturated carbocycles. The molecule has 0 atom stereocenters. The monoisotopic (exact) mass is 374 g/mol. The number of carbonyl (C=O) groups excluding carboxylic acids is 1. The normalized spacial score (nSPS) is 14.9. The van der Waals surface area contributed by atoms with Gasteiger partial charge in [-0.05, 0) is 36.2 Å². The summed E-state index contributed by atoms with van der Waals surface area (Å²) in [6, 6.07) is 13.4. The number of amides is 1. The molecule has 0 radical (unpaired) electrons. The largest absolute Gasteiger partial charge is 0.378 e. The minimum Gasteiger partial charge on any atom is -0.378 e. The van der Waals surface area contributed by atoms with Crippen molar-refractivity contribution in [1.82, 2.24) is 4.90 Å². The van der Waals surface area contributed by atoms with Gasteiger partial charge in [-0.25, -0.2) is 8.42 Å². The maximum Gasteiger partial charge on any atom is 0.261 e. The fourth-order valence-corrected chi connectivity index (χ4v) is 4.02. The number of ether oxygens (including phenoxy) is 1. The predicted molar refractivity (Wildman–Crippen MR) is 99.8 cm³/mol. The predicted octanol–water partition coefficient (Wildman–Crippen LogP) is 2.52. The van der Waals surface area contributed by atoms with E-state index in [0.29, 0.717) is 44.0 Å². The highest BCUT2D eigenvalue weighted by molar-refractivity contribution is 7.92. The van der Waals surface area contributed by atoms with Crippen molar-refractivity contribution in [3.8, 4) is 0 Å². The number of para-hydroxylation sites is 1. The maximum absolute atomic E-state index is 12.8. The molecule has 0 unspecified atom stereocenters. The summed E-state index contributed by atoms with van der Waals surface area (Å²) in [4.78, 5) is 14.3. The quantitative estimate of drug-likeness (QED) is 0.873. The third-order valence-electron chi connectivity index (χ3n) is 4.33. The number of nitrogens with zero attached hydrogens (tertiary/aromatic N) is 1. The van der Waals surface area contributed by atoms with Gasteiger partial charge < -0.3 is 9.64 Å². The highest BCUT2D eigenvalue weighted by Crippen LogP contribution is 2.21. The molecule has 7 heteroatoms. The number of morpholine rings is 1. The van der Waals surface area contributed by atoms with Gasteiger partial charge in [0, 0.05) is 18.7 Å². The Hall–Kier alpha value is -2.38. The molecule has 0 bridgehead atoms. The Balaban J connectivity index is 1.85. The van der Waals surface area contributed by atoms with Gasteiger partial charge in [0.15, 0.2) is 0 Å². The number of nitrogens with one attached hydrogen (secondary N) is 1. The van der Waals surface area contributed by atoms with Crippen LogP contribution in [0.4, 0.5) is 5.69 Å². The van der Waals surface area contributed by atoms with E-state index in [-0.39, 0.29) is 10.8 Å². The van der Waals surface area contributed by atoms with E-state index in [1.165, 1.54) is 12.1 Å². The van der Waals surface area contributed by atoms with Crippen LogP contribution >= 0.6 is 0 Å². The van der Waals surface area contributed by atoms with Gasteiger partial charge in [0.05, 0.1) is 23.8 Å². The molecule has 0 aliphatic carbocycles. The first-order valence-electron chi connectivity index (χ1n) is 8.59. The highest BCUT2D eigenvalue weighted by Gasteiger charge is 2.21. The first-order valence-corrected chi connectivity index (χ1v) is 10.1. The Labute approximate surface area is 153 Å². The van der Waals surface area contributed by atoms with Gasteiger partial charge in [0.1, 0.15) is 0 Å². The van der Waals surface area contributed by atoms with Crippen molar-refractivity contribution in [1.29, 1.82) is 0 Å². The lowest BCUT2D eigenvalue weighted by Gasteiger charge is -2.27. The van der Waals surface area contributed by atoms with Crippen LogP contribution in [-0.4, -0.2) is 45.5 Å². The van der Waals surface area contributed by atoms with Gasteiger partial charge in [0.2, 0.25) is 0 Å². The molecule has 3 rings (SSSR count). The Morgan fingerprint density at radius 3 is 2.58 bits per heavy atom. The molecule has 2 aromatic rings. The molecule has 1 N–H and O–H groups in total. The van der Waals surface area contributed by atoms with E-state index in [4.69, 9.17) is 4.74 Å². The first kappa shape index (κ1) is 18.4. The fourth-order valence-electron chi connectivity index (χ4n) is 2.88. The van der Waals surface area contributed by atoms with E-state index in [1.54, 1.807) is 29.2 Å². The topological polar surface area (TPSA) is 75.7 Å². The fraction of sp³-hybridized carbons (Fsp3) is 0.316. The van der Waals surface area contributed by atoms with Crippen LogP contribution in [0.3, 0.4) is 0 Å². The summed E-state index contributed by atoms with van der Waals surface area (Å²) in [5.41, 5.74) is 1.83. The van der Waals surface area contributed by atoms with Crippen LogP contribution in [0.1, 0.15) is 22.8 Å². The molecule has 1 aliphatic heterocycles. The van der Waals surface area contributed by atoms with E-state index in [1.807, 2.05) is 19.1 Å². The number of benzene rings is 2. The second kappa shape index (κ2) is 7.88. The Bertz CT molecular complexity index is 890. The van der Waals surface area contributed by atoms with E-state index in [2.05, 4.69) is 4.72 Å². The Kier molecular flexibility index (Phi) is 5.58. The van der Waals surface area contributed by atoms with Crippen molar-refractivity contribution >= 4 is 21.6 Å². The van der Waals surface area contributed by atoms with Crippen LogP contribution in [-0.2, 0) is 21.2 Å². The zero-order chi connectivity index (χ0) is 18.6. The van der Waals surface area contributed by atoms with Gasteiger partial charge in [-0.15, -0.1) is 0 Å². The van der Waals surface area contributed by atoms with Crippen molar-refractivity contribution < 1.29 is 17.9 Å². The Morgan fingerprint density at radius 1 is 1.12 bits per heavy atom. The summed E-state index contributed by atoms with van der Waals surface area (Å²) in [5, 5.41) is 0. The molecule has 1 aliphatic rings. The molecular weight excluding hydrogens is 352 g/mol. The first-order chi connectivity index (χ1) is 12.5. The summed E-state index contributed by atoms with van der Waals surface area (Å²) in [7, 11) is -3.78. The summed E-state index contributed by atoms with van der Waals surface area (Å²) in [6.45, 7) is 3.99. The van der Waals surface area contributed by atoms with E-state index in [0.717, 1.165) is 5.56 Å². The summed E-state index contributed by atoms with van der Waals surface area (Å²) >= 11 is 0. The highest BCUT2D eigenvalue weighted by atomic mass is 32.2. The van der Waals surface area contributed by atoms with Gasteiger partial charge in [-0.1, -0.05) is 31.2 Å². The second-order valence-electron chi connectivity index (χ2n) is 6.05. The molecule has 1 fully saturated rings. The standard InChI is InChI=1S/C19H22N2O4S/c1-2-15-6-3-4-9-18(15)20-26(23,24)17-8-5-7-16(14-17)19(22)21-10-12-25-13-11-21/h3-9,14,20H,2,10-13H2,1H3. The van der Waals surface area contributed by atoms with Gasteiger partial charge in [-0.2, -0.15) is 0 Å². The lowest BCUT2D eigenvalue weighted by atomic mass is 10.1. The molecule has 1 saturated heterocycles. The molecule has 6 nitrogen and oxygen atoms in total. The lowest BCUT2D eigenvalue weighted by molar-refractivity contribution is 0.0302. The van der Waals surface area contributed by atoms with Crippen molar-refractivity contribution in [2.75, 3.05) is 31.0 Å². The number of carbonyl (C=O) groups is 1. The van der Waals surface area contributed by atoms with Crippen molar-refractivity contribution in [2.45, 2.75) is 18.2 Å². The van der Waals surface area contributed by atoms with Crippen LogP contribution in [0.5, 0.6) is 0 Å². The minimum absolute atomic E-state index is 0.0718. The van der Waals surface area contributed by atoms with Gasteiger partial charge in [-0.3, -0.25) is 9.52 Å². The SMILES string of the molecule is CCc1ccccc1NS(=O)(=O)c1cccc(C(=O)N2CCOCC2)c1. The van der Waals surface area contributed by atoms with Crippen LogP contribution in [0, 0.1) is 0 Å². The molecule has 0 spiro atoms. The molecule has 1 amide bonds. The van der Waals surface area contributed by atoms with Crippen LogP contribution in [0.15, 0.2) is 53.4 Å². The lowest BCUT2D eigenvalue weighted by Crippen LogP contribution is -2.40. The summed E-state index contributed by atoms with van der Waals surface area (Å²) in [6.07, 6.45) is 0.717. The van der Waals surface area contributed by atoms with E-state index < -0.39 is 10.0 Å². The summed E-state index contributed by atoms with van der Waals surface area (Å²) in [5.74, 6) is -0.181. The number of anilines is 1. The molecule has 26 heavy (non-hydrogen) atoms. The van der Waals surface area contributed by atoms with E-state index in [9.17, 15) is 13.2 Å². The van der Waals surface area contributed by atoms with E-state index >= 15 is 0 Å². The summed E-state index contributed by atoms with van der Waals surface area (Å²) < 4.78 is 33.4. The average molecular weight is 374 g/mol. The van der Waals surface area contributed by atoms with Crippen molar-refractivity contribution in [2.24, 2.45) is 0 Å². The van der Waals surface area contributed by atoms with Crippen LogP contribution in [0.2, 0.25) is 0 Å².